The van der Waals surface area contributed by atoms with Crippen molar-refractivity contribution in [3.05, 3.63) is 66.1 Å². The average molecular weight is 469 g/mol. The molecule has 0 bridgehead atoms. The lowest BCUT2D eigenvalue weighted by atomic mass is 10.1. The zero-order chi connectivity index (χ0) is 24.5. The Balaban J connectivity index is 1.66. The number of amides is 1. The fourth-order valence-electron chi connectivity index (χ4n) is 3.35. The third-order valence-corrected chi connectivity index (χ3v) is 5.05. The number of imidazole rings is 1. The largest absolute Gasteiger partial charge is 0.481 e. The van der Waals surface area contributed by atoms with Crippen LogP contribution in [0.4, 0.5) is 18.9 Å². The molecule has 0 fully saturated rings. The van der Waals surface area contributed by atoms with E-state index in [1.54, 1.807) is 37.4 Å². The quantitative estimate of drug-likeness (QED) is 0.428. The van der Waals surface area contributed by atoms with Gasteiger partial charge < -0.3 is 10.4 Å². The number of aromatic nitrogens is 4. The molecule has 2 N–H and O–H groups in total. The van der Waals surface area contributed by atoms with Gasteiger partial charge in [-0.15, -0.1) is 0 Å². The van der Waals surface area contributed by atoms with Crippen LogP contribution in [0.1, 0.15) is 24.1 Å². The first kappa shape index (κ1) is 22.9. The number of pyridine rings is 1. The number of hydrogen-bond acceptors (Lipinski definition) is 5. The highest BCUT2D eigenvalue weighted by molar-refractivity contribution is 5.93. The molecule has 11 heteroatoms. The van der Waals surface area contributed by atoms with Gasteiger partial charge in [-0.05, 0) is 42.8 Å². The predicted octanol–water partition coefficient (Wildman–Crippen LogP) is 4.59. The number of hydrogen-bond donors (Lipinski definition) is 2. The van der Waals surface area contributed by atoms with Crippen LogP contribution in [0.5, 0.6) is 0 Å². The lowest BCUT2D eigenvalue weighted by Crippen LogP contribution is -2.14. The molecule has 8 nitrogen and oxygen atoms in total. The minimum atomic E-state index is -4.62. The lowest BCUT2D eigenvalue weighted by Gasteiger charge is -2.10. The minimum Gasteiger partial charge on any atom is -0.481 e. The number of carboxylic acid groups (broad SMARTS) is 1. The Morgan fingerprint density at radius 2 is 1.88 bits per heavy atom. The first-order chi connectivity index (χ1) is 16.1. The van der Waals surface area contributed by atoms with E-state index in [0.717, 1.165) is 11.8 Å². The average Bonchev–Trinajstić information content (AvgIpc) is 3.22. The Morgan fingerprint density at radius 1 is 1.09 bits per heavy atom. The molecule has 1 aromatic carbocycles. The number of carbonyl (C=O) groups excluding carboxylic acids is 1. The van der Waals surface area contributed by atoms with Gasteiger partial charge in [-0.25, -0.2) is 9.50 Å². The fourth-order valence-corrected chi connectivity index (χ4v) is 3.35. The third-order valence-electron chi connectivity index (χ3n) is 5.05. The number of aliphatic carboxylic acids is 1. The summed E-state index contributed by atoms with van der Waals surface area (Å²) in [4.78, 5) is 30.6. The Bertz CT molecular complexity index is 1400. The van der Waals surface area contributed by atoms with E-state index in [9.17, 15) is 22.8 Å². The van der Waals surface area contributed by atoms with E-state index in [2.05, 4.69) is 20.4 Å². The molecule has 0 aliphatic carbocycles. The van der Waals surface area contributed by atoms with E-state index in [-0.39, 0.29) is 24.1 Å². The van der Waals surface area contributed by atoms with Gasteiger partial charge in [0.15, 0.2) is 11.3 Å². The molecule has 0 unspecified atom stereocenters. The van der Waals surface area contributed by atoms with Gasteiger partial charge in [0.25, 0.3) is 0 Å². The summed E-state index contributed by atoms with van der Waals surface area (Å²) in [5, 5.41) is 15.7. The van der Waals surface area contributed by atoms with Crippen LogP contribution in [0.15, 0.2) is 54.9 Å². The number of aryl methyl sites for hydroxylation is 1. The number of nitrogens with zero attached hydrogens (tertiary/aromatic N) is 4. The SMILES string of the molecule is Cc1ccc(-c2cn3nc(-c4cccnc4C(F)(F)F)ccc3n2)cc1NC(=O)CCC(=O)O. The van der Waals surface area contributed by atoms with Gasteiger partial charge in [-0.3, -0.25) is 14.6 Å². The maximum atomic E-state index is 13.4. The van der Waals surface area contributed by atoms with Crippen LogP contribution in [0.2, 0.25) is 0 Å². The van der Waals surface area contributed by atoms with Crippen molar-refractivity contribution in [2.75, 3.05) is 5.32 Å². The summed E-state index contributed by atoms with van der Waals surface area (Å²) in [5.74, 6) is -1.49. The molecule has 0 spiro atoms. The molecule has 1 amide bonds. The van der Waals surface area contributed by atoms with Gasteiger partial charge in [0.1, 0.15) is 0 Å². The van der Waals surface area contributed by atoms with Gasteiger partial charge >= 0.3 is 12.1 Å². The summed E-state index contributed by atoms with van der Waals surface area (Å²) in [6.07, 6.45) is -2.41. The van der Waals surface area contributed by atoms with Crippen LogP contribution in [0.3, 0.4) is 0 Å². The first-order valence-corrected chi connectivity index (χ1v) is 10.1. The number of nitrogens with one attached hydrogen (secondary N) is 1. The lowest BCUT2D eigenvalue weighted by molar-refractivity contribution is -0.140. The van der Waals surface area contributed by atoms with Gasteiger partial charge in [0.2, 0.25) is 5.91 Å². The highest BCUT2D eigenvalue weighted by Gasteiger charge is 2.35. The number of carbonyl (C=O) groups is 2. The fraction of sp³-hybridized carbons (Fsp3) is 0.174. The number of carboxylic acids is 1. The van der Waals surface area contributed by atoms with Crippen LogP contribution < -0.4 is 5.32 Å². The maximum absolute atomic E-state index is 13.4. The second kappa shape index (κ2) is 8.93. The van der Waals surface area contributed by atoms with Crippen molar-refractivity contribution in [3.8, 4) is 22.5 Å². The molecule has 0 atom stereocenters. The number of alkyl halides is 3. The highest BCUT2D eigenvalue weighted by Crippen LogP contribution is 2.34. The van der Waals surface area contributed by atoms with Gasteiger partial charge in [0.05, 0.1) is 24.0 Å². The van der Waals surface area contributed by atoms with Gasteiger partial charge in [0, 0.05) is 29.4 Å². The number of benzene rings is 1. The number of anilines is 1. The van der Waals surface area contributed by atoms with Crippen molar-refractivity contribution in [1.29, 1.82) is 0 Å². The number of rotatable bonds is 6. The molecular formula is C23H18F3N5O3. The van der Waals surface area contributed by atoms with Crippen LogP contribution in [0, 0.1) is 6.92 Å². The summed E-state index contributed by atoms with van der Waals surface area (Å²) in [7, 11) is 0. The molecule has 174 valence electrons. The van der Waals surface area contributed by atoms with Crippen LogP contribution in [-0.2, 0) is 15.8 Å². The van der Waals surface area contributed by atoms with Gasteiger partial charge in [-0.2, -0.15) is 18.3 Å². The van der Waals surface area contributed by atoms with Crippen molar-refractivity contribution in [1.82, 2.24) is 19.6 Å². The zero-order valence-electron chi connectivity index (χ0n) is 17.8. The Labute approximate surface area is 191 Å². The normalized spacial score (nSPS) is 11.5. The standard InChI is InChI=1S/C23H18F3N5O3/c1-13-4-5-14(11-17(13)29-20(32)8-9-21(33)34)18-12-31-19(28-18)7-6-16(30-31)15-3-2-10-27-22(15)23(24,25)26/h2-7,10-12H,8-9H2,1H3,(H,29,32)(H,33,34). The molecule has 3 heterocycles. The van der Waals surface area contributed by atoms with Crippen molar-refractivity contribution in [2.45, 2.75) is 25.9 Å². The molecule has 34 heavy (non-hydrogen) atoms. The smallest absolute Gasteiger partial charge is 0.434 e. The first-order valence-electron chi connectivity index (χ1n) is 10.1. The van der Waals surface area contributed by atoms with E-state index < -0.39 is 23.7 Å². The van der Waals surface area contributed by atoms with Crippen LogP contribution in [-0.4, -0.2) is 36.6 Å². The van der Waals surface area contributed by atoms with E-state index in [1.165, 1.54) is 22.7 Å². The number of fused-ring (bicyclic) bond motifs is 1. The van der Waals surface area contributed by atoms with E-state index >= 15 is 0 Å². The molecule has 3 aromatic heterocycles. The zero-order valence-corrected chi connectivity index (χ0v) is 17.8. The molecule has 0 saturated carbocycles. The molecule has 4 aromatic rings. The second-order valence-corrected chi connectivity index (χ2v) is 7.52. The van der Waals surface area contributed by atoms with E-state index in [1.807, 2.05) is 0 Å². The Hall–Kier alpha value is -4.28. The highest BCUT2D eigenvalue weighted by atomic mass is 19.4. The van der Waals surface area contributed by atoms with Crippen molar-refractivity contribution >= 4 is 23.2 Å². The maximum Gasteiger partial charge on any atom is 0.434 e. The Morgan fingerprint density at radius 3 is 2.62 bits per heavy atom. The predicted molar refractivity (Wildman–Crippen MR) is 117 cm³/mol. The van der Waals surface area contributed by atoms with Crippen molar-refractivity contribution in [2.24, 2.45) is 0 Å². The van der Waals surface area contributed by atoms with Gasteiger partial charge in [-0.1, -0.05) is 12.1 Å². The van der Waals surface area contributed by atoms with E-state index in [4.69, 9.17) is 5.11 Å². The molecule has 0 aliphatic rings. The second-order valence-electron chi connectivity index (χ2n) is 7.52. The molecule has 4 rings (SSSR count). The monoisotopic (exact) mass is 469 g/mol. The summed E-state index contributed by atoms with van der Waals surface area (Å²) in [5.41, 5.74) is 1.75. The summed E-state index contributed by atoms with van der Waals surface area (Å²) in [6.45, 7) is 1.79. The van der Waals surface area contributed by atoms with Crippen molar-refractivity contribution in [3.63, 3.8) is 0 Å². The summed E-state index contributed by atoms with van der Waals surface area (Å²) >= 11 is 0. The van der Waals surface area contributed by atoms with Crippen LogP contribution in [0.25, 0.3) is 28.2 Å². The summed E-state index contributed by atoms with van der Waals surface area (Å²) < 4.78 is 41.4. The minimum absolute atomic E-state index is 0.0900. The third kappa shape index (κ3) is 4.87. The number of halogens is 3. The topological polar surface area (TPSA) is 109 Å². The molecular weight excluding hydrogens is 451 g/mol. The molecule has 0 saturated heterocycles. The Kier molecular flexibility index (Phi) is 6.01. The molecule has 0 aliphatic heterocycles. The van der Waals surface area contributed by atoms with Crippen molar-refractivity contribution < 1.29 is 27.9 Å². The van der Waals surface area contributed by atoms with Crippen LogP contribution >= 0.6 is 0 Å². The molecule has 0 radical (unpaired) electrons. The summed E-state index contributed by atoms with van der Waals surface area (Å²) in [6, 6.07) is 11.0. The van der Waals surface area contributed by atoms with E-state index in [0.29, 0.717) is 22.6 Å².